The molecule has 0 saturated carbocycles. The molecule has 456 valence electrons. The average molecular weight is 1110 g/mol. The van der Waals surface area contributed by atoms with Crippen LogP contribution >= 0.6 is 0 Å². The Morgan fingerprint density at radius 3 is 1.06 bits per heavy atom. The Kier molecular flexibility index (Phi) is 33.4. The summed E-state index contributed by atoms with van der Waals surface area (Å²) in [5, 5.41) is 55.4. The largest absolute Gasteiger partial charge is 0.485 e. The van der Waals surface area contributed by atoms with Gasteiger partial charge in [-0.05, 0) is 119 Å². The van der Waals surface area contributed by atoms with Gasteiger partial charge in [0.05, 0.1) is 37.1 Å². The second-order valence-corrected chi connectivity index (χ2v) is 29.3. The van der Waals surface area contributed by atoms with Crippen molar-refractivity contribution in [3.05, 3.63) is 65.2 Å². The summed E-state index contributed by atoms with van der Waals surface area (Å²) in [6.07, 6.45) is 29.9. The summed E-state index contributed by atoms with van der Waals surface area (Å²) in [4.78, 5) is 26.7. The van der Waals surface area contributed by atoms with Crippen LogP contribution in [0.2, 0.25) is 0 Å². The second-order valence-electron chi connectivity index (χ2n) is 29.3. The summed E-state index contributed by atoms with van der Waals surface area (Å²) in [6.45, 7) is 29.6. The summed E-state index contributed by atoms with van der Waals surface area (Å²) in [5.74, 6) is -1.52. The summed E-state index contributed by atoms with van der Waals surface area (Å²) in [5.41, 5.74) is 0.501. The van der Waals surface area contributed by atoms with Gasteiger partial charge in [0, 0.05) is 0 Å². The number of hydrogen-bond donors (Lipinski definition) is 5. The molecule has 2 aromatic carbocycles. The van der Waals surface area contributed by atoms with Gasteiger partial charge in [-0.2, -0.15) is 0 Å². The van der Waals surface area contributed by atoms with E-state index in [1.807, 2.05) is 42.5 Å². The third kappa shape index (κ3) is 26.9. The zero-order chi connectivity index (χ0) is 59.3. The van der Waals surface area contributed by atoms with Crippen LogP contribution in [0.15, 0.2) is 48.5 Å². The minimum absolute atomic E-state index is 0.0252. The molecule has 5 N–H and O–H groups in total. The molecule has 7 atom stereocenters. The number of para-hydroxylation sites is 1. The van der Waals surface area contributed by atoms with Crippen LogP contribution in [0, 0.1) is 62.6 Å². The highest BCUT2D eigenvalue weighted by atomic mass is 16.5. The molecule has 0 aliphatic carbocycles. The maximum Gasteiger partial charge on any atom is 0.306 e. The highest BCUT2D eigenvalue weighted by Gasteiger charge is 2.44. The molecule has 7 unspecified atom stereocenters. The third-order valence-corrected chi connectivity index (χ3v) is 18.7. The lowest BCUT2D eigenvalue weighted by Gasteiger charge is -2.40. The van der Waals surface area contributed by atoms with Crippen LogP contribution in [0.1, 0.15) is 287 Å². The lowest BCUT2D eigenvalue weighted by Crippen LogP contribution is -2.43. The number of carboxylic acid groups (broad SMARTS) is 2. The van der Waals surface area contributed by atoms with Crippen molar-refractivity contribution in [2.24, 2.45) is 62.6 Å². The maximum atomic E-state index is 13.4. The standard InChI is InChI=1S/C71H124O8/c1-15-17-19-21-23-25-27-29-31-33-41-58(67(3,4)5)47-56(65(75)76)49-60(69(9,10)11)45-54-39-35-37-43-62(54)64(71(51-72,52-73)53-74)79-63-44-38-36-40-55(63)46-61(70(12,13)14)50-57(66(77)78)48-59(68(6,7)8)42-34-32-30-28-26-24-22-20-18-16-2/h35-40,43-44,56-61,64,72-74H,15-34,41-42,45-53H2,1-14H3,(H,75,76)(H,77,78). The van der Waals surface area contributed by atoms with Crippen LogP contribution in [-0.4, -0.2) is 57.3 Å². The van der Waals surface area contributed by atoms with Gasteiger partial charge in [0.25, 0.3) is 0 Å². The molecule has 0 spiro atoms. The molecule has 2 aromatic rings. The quantitative estimate of drug-likeness (QED) is 0.0413. The smallest absolute Gasteiger partial charge is 0.306 e. The molecule has 0 heterocycles. The number of aliphatic hydroxyl groups excluding tert-OH is 3. The highest BCUT2D eigenvalue weighted by molar-refractivity contribution is 5.70. The molecule has 0 fully saturated rings. The van der Waals surface area contributed by atoms with Gasteiger partial charge in [0.1, 0.15) is 11.9 Å². The van der Waals surface area contributed by atoms with Gasteiger partial charge in [-0.1, -0.05) is 268 Å². The molecule has 0 saturated heterocycles. The van der Waals surface area contributed by atoms with E-state index in [9.17, 15) is 35.1 Å². The molecule has 0 aliphatic rings. The van der Waals surface area contributed by atoms with Crippen molar-refractivity contribution >= 4 is 11.9 Å². The van der Waals surface area contributed by atoms with Gasteiger partial charge in [0.15, 0.2) is 0 Å². The minimum Gasteiger partial charge on any atom is -0.485 e. The number of carbonyl (C=O) groups is 2. The first-order chi connectivity index (χ1) is 37.2. The van der Waals surface area contributed by atoms with E-state index in [-0.39, 0.29) is 45.3 Å². The fourth-order valence-corrected chi connectivity index (χ4v) is 12.4. The Morgan fingerprint density at radius 2 is 0.722 bits per heavy atom. The monoisotopic (exact) mass is 1100 g/mol. The zero-order valence-corrected chi connectivity index (χ0v) is 53.5. The van der Waals surface area contributed by atoms with Gasteiger partial charge < -0.3 is 30.3 Å². The van der Waals surface area contributed by atoms with Crippen LogP contribution in [0.4, 0.5) is 0 Å². The molecule has 0 radical (unpaired) electrons. The van der Waals surface area contributed by atoms with Crippen molar-refractivity contribution in [1.29, 1.82) is 0 Å². The normalized spacial score (nSPS) is 15.6. The van der Waals surface area contributed by atoms with Gasteiger partial charge in [-0.25, -0.2) is 0 Å². The lowest BCUT2D eigenvalue weighted by atomic mass is 9.68. The Morgan fingerprint density at radius 1 is 0.418 bits per heavy atom. The summed E-state index contributed by atoms with van der Waals surface area (Å²) in [7, 11) is 0. The molecule has 0 bridgehead atoms. The second kappa shape index (κ2) is 36.6. The first kappa shape index (κ1) is 72.2. The number of aliphatic hydroxyl groups is 3. The molecule has 8 nitrogen and oxygen atoms in total. The number of unbranched alkanes of at least 4 members (excludes halogenated alkanes) is 18. The Labute approximate surface area is 485 Å². The van der Waals surface area contributed by atoms with E-state index in [0.717, 1.165) is 42.4 Å². The Balaban J connectivity index is 2.47. The molecule has 0 amide bonds. The van der Waals surface area contributed by atoms with Gasteiger partial charge >= 0.3 is 11.9 Å². The van der Waals surface area contributed by atoms with E-state index in [1.165, 1.54) is 116 Å². The number of benzene rings is 2. The van der Waals surface area contributed by atoms with Gasteiger partial charge in [-0.15, -0.1) is 0 Å². The molecular formula is C71H124O8. The molecule has 0 aromatic heterocycles. The first-order valence-electron chi connectivity index (χ1n) is 32.3. The molecular weight excluding hydrogens is 981 g/mol. The lowest BCUT2D eigenvalue weighted by molar-refractivity contribution is -0.144. The molecule has 0 aliphatic heterocycles. The number of aliphatic carboxylic acids is 2. The van der Waals surface area contributed by atoms with Crippen molar-refractivity contribution in [1.82, 2.24) is 0 Å². The van der Waals surface area contributed by atoms with Crippen molar-refractivity contribution in [2.45, 2.75) is 283 Å². The Hall–Kier alpha value is -2.94. The summed E-state index contributed by atoms with van der Waals surface area (Å²) >= 11 is 0. The van der Waals surface area contributed by atoms with Crippen LogP contribution in [0.3, 0.4) is 0 Å². The predicted octanol–water partition coefficient (Wildman–Crippen LogP) is 19.1. The van der Waals surface area contributed by atoms with E-state index in [0.29, 0.717) is 44.3 Å². The number of carboxylic acids is 2. The van der Waals surface area contributed by atoms with E-state index in [2.05, 4.69) is 103 Å². The van der Waals surface area contributed by atoms with E-state index in [1.54, 1.807) is 0 Å². The minimum atomic E-state index is -1.48. The fraction of sp³-hybridized carbons (Fsp3) is 0.803. The van der Waals surface area contributed by atoms with E-state index in [4.69, 9.17) is 4.74 Å². The van der Waals surface area contributed by atoms with E-state index >= 15 is 0 Å². The molecule has 79 heavy (non-hydrogen) atoms. The molecule has 8 heteroatoms. The Bertz CT molecular complexity index is 1920. The third-order valence-electron chi connectivity index (χ3n) is 18.7. The van der Waals surface area contributed by atoms with Gasteiger partial charge in [0.2, 0.25) is 0 Å². The number of hydrogen-bond acceptors (Lipinski definition) is 6. The summed E-state index contributed by atoms with van der Waals surface area (Å²) in [6, 6.07) is 15.8. The first-order valence-corrected chi connectivity index (χ1v) is 32.3. The zero-order valence-electron chi connectivity index (χ0n) is 53.5. The number of ether oxygens (including phenoxy) is 1. The highest BCUT2D eigenvalue weighted by Crippen LogP contribution is 2.46. The SMILES string of the molecule is CCCCCCCCCCCCC(CC(CC(Cc1ccccc1OC(c1ccccc1CC(CC(CC(CCCCCCCCCCCC)C(C)(C)C)C(=O)O)C(C)(C)C)C(CO)(CO)CO)C(C)(C)C)C(=O)O)C(C)(C)C. The van der Waals surface area contributed by atoms with Gasteiger partial charge in [-0.3, -0.25) is 9.59 Å². The van der Waals surface area contributed by atoms with Crippen LogP contribution in [0.25, 0.3) is 0 Å². The topological polar surface area (TPSA) is 145 Å². The maximum absolute atomic E-state index is 13.4. The van der Waals surface area contributed by atoms with Crippen LogP contribution in [0.5, 0.6) is 5.75 Å². The molecule has 2 rings (SSSR count). The van der Waals surface area contributed by atoms with E-state index < -0.39 is 55.1 Å². The fourth-order valence-electron chi connectivity index (χ4n) is 12.4. The van der Waals surface area contributed by atoms with Crippen LogP contribution in [-0.2, 0) is 22.4 Å². The average Bonchev–Trinajstić information content (AvgIpc) is 3.46. The van der Waals surface area contributed by atoms with Crippen molar-refractivity contribution in [3.8, 4) is 5.75 Å². The van der Waals surface area contributed by atoms with Crippen molar-refractivity contribution in [3.63, 3.8) is 0 Å². The summed E-state index contributed by atoms with van der Waals surface area (Å²) < 4.78 is 7.16. The number of rotatable bonds is 43. The predicted molar refractivity (Wildman–Crippen MR) is 333 cm³/mol. The van der Waals surface area contributed by atoms with Crippen LogP contribution < -0.4 is 4.74 Å². The van der Waals surface area contributed by atoms with Crippen molar-refractivity contribution in [2.75, 3.05) is 19.8 Å². The van der Waals surface area contributed by atoms with Crippen molar-refractivity contribution < 1.29 is 39.9 Å².